The van der Waals surface area contributed by atoms with E-state index in [-0.39, 0.29) is 6.04 Å². The molecule has 0 aliphatic rings. The molecule has 0 amide bonds. The number of aryl methyl sites for hydroxylation is 1. The summed E-state index contributed by atoms with van der Waals surface area (Å²) in [5.41, 5.74) is 5.18. The Balaban J connectivity index is 1.84. The zero-order valence-electron chi connectivity index (χ0n) is 11.4. The minimum atomic E-state index is 0.201. The quantitative estimate of drug-likeness (QED) is 0.559. The minimum absolute atomic E-state index is 0.201. The molecule has 3 rings (SSSR count). The summed E-state index contributed by atoms with van der Waals surface area (Å²) in [6, 6.07) is 12.7. The molecule has 20 heavy (non-hydrogen) atoms. The Labute approximate surface area is 122 Å². The average molecular weight is 286 g/mol. The Morgan fingerprint density at radius 1 is 1.25 bits per heavy atom. The van der Waals surface area contributed by atoms with E-state index in [1.54, 1.807) is 11.3 Å². The molecule has 3 N–H and O–H groups in total. The number of aromatic nitrogens is 2. The number of rotatable bonds is 5. The Bertz CT molecular complexity index is 687. The van der Waals surface area contributed by atoms with E-state index in [1.807, 2.05) is 17.8 Å². The van der Waals surface area contributed by atoms with Crippen molar-refractivity contribution in [3.8, 4) is 0 Å². The van der Waals surface area contributed by atoms with Crippen LogP contribution in [0.4, 0.5) is 0 Å². The van der Waals surface area contributed by atoms with Gasteiger partial charge in [0.25, 0.3) is 0 Å². The van der Waals surface area contributed by atoms with Gasteiger partial charge < -0.3 is 0 Å². The van der Waals surface area contributed by atoms with Crippen molar-refractivity contribution in [1.82, 2.24) is 15.2 Å². The molecule has 0 saturated heterocycles. The molecule has 0 aliphatic heterocycles. The van der Waals surface area contributed by atoms with E-state index in [0.29, 0.717) is 0 Å². The number of nitrogens with zero attached hydrogens (tertiary/aromatic N) is 2. The average Bonchev–Trinajstić information content (AvgIpc) is 3.08. The summed E-state index contributed by atoms with van der Waals surface area (Å²) in [5, 5.41) is 7.94. The molecule has 5 heteroatoms. The summed E-state index contributed by atoms with van der Waals surface area (Å²) in [6.45, 7) is 0. The molecular weight excluding hydrogens is 268 g/mol. The number of nitrogens with two attached hydrogens (primary N) is 1. The molecule has 104 valence electrons. The molecular formula is C15H18N4S. The summed E-state index contributed by atoms with van der Waals surface area (Å²) in [5.74, 6) is 5.71. The molecule has 0 aliphatic carbocycles. The van der Waals surface area contributed by atoms with E-state index in [1.165, 1.54) is 10.3 Å². The summed E-state index contributed by atoms with van der Waals surface area (Å²) in [4.78, 5) is 1.34. The maximum absolute atomic E-state index is 5.71. The first-order valence-electron chi connectivity index (χ1n) is 6.67. The van der Waals surface area contributed by atoms with E-state index < -0.39 is 0 Å². The predicted molar refractivity (Wildman–Crippen MR) is 83.6 cm³/mol. The first-order valence-corrected chi connectivity index (χ1v) is 7.55. The highest BCUT2D eigenvalue weighted by molar-refractivity contribution is 7.09. The molecule has 0 radical (unpaired) electrons. The number of para-hydroxylation sites is 1. The van der Waals surface area contributed by atoms with E-state index >= 15 is 0 Å². The van der Waals surface area contributed by atoms with Gasteiger partial charge in [-0.05, 0) is 23.9 Å². The van der Waals surface area contributed by atoms with Crippen molar-refractivity contribution in [2.45, 2.75) is 18.9 Å². The van der Waals surface area contributed by atoms with Crippen molar-refractivity contribution in [2.24, 2.45) is 12.9 Å². The molecule has 1 atom stereocenters. The second-order valence-corrected chi connectivity index (χ2v) is 5.97. The molecule has 2 heterocycles. The third-order valence-corrected chi connectivity index (χ3v) is 4.44. The fraction of sp³-hybridized carbons (Fsp3) is 0.267. The summed E-state index contributed by atoms with van der Waals surface area (Å²) >= 11 is 1.76. The largest absolute Gasteiger partial charge is 0.271 e. The van der Waals surface area contributed by atoms with Crippen molar-refractivity contribution >= 4 is 22.2 Å². The molecule has 4 nitrogen and oxygen atoms in total. The van der Waals surface area contributed by atoms with E-state index in [0.717, 1.165) is 24.1 Å². The van der Waals surface area contributed by atoms with Gasteiger partial charge in [-0.2, -0.15) is 5.10 Å². The van der Waals surface area contributed by atoms with Gasteiger partial charge in [-0.1, -0.05) is 24.3 Å². The Hall–Kier alpha value is -1.69. The topological polar surface area (TPSA) is 55.9 Å². The maximum atomic E-state index is 5.71. The molecule has 0 bridgehead atoms. The smallest absolute Gasteiger partial charge is 0.0719 e. The SMILES string of the molecule is Cn1nc(CC(Cc2cccs2)NN)c2ccccc21. The highest BCUT2D eigenvalue weighted by Crippen LogP contribution is 2.20. The third-order valence-electron chi connectivity index (χ3n) is 3.54. The predicted octanol–water partition coefficient (Wildman–Crippen LogP) is 2.25. The number of hydrogen-bond donors (Lipinski definition) is 2. The number of hydrogen-bond acceptors (Lipinski definition) is 4. The second kappa shape index (κ2) is 5.75. The highest BCUT2D eigenvalue weighted by Gasteiger charge is 2.14. The number of hydrazine groups is 1. The molecule has 0 spiro atoms. The zero-order valence-corrected chi connectivity index (χ0v) is 12.2. The van der Waals surface area contributed by atoms with Crippen LogP contribution in [0.25, 0.3) is 10.9 Å². The van der Waals surface area contributed by atoms with E-state index in [4.69, 9.17) is 5.84 Å². The fourth-order valence-corrected chi connectivity index (χ4v) is 3.32. The number of fused-ring (bicyclic) bond motifs is 1. The Morgan fingerprint density at radius 3 is 2.85 bits per heavy atom. The summed E-state index contributed by atoms with van der Waals surface area (Å²) in [7, 11) is 1.98. The molecule has 2 aromatic heterocycles. The summed E-state index contributed by atoms with van der Waals surface area (Å²) < 4.78 is 1.93. The van der Waals surface area contributed by atoms with Crippen LogP contribution in [0.2, 0.25) is 0 Å². The van der Waals surface area contributed by atoms with Gasteiger partial charge in [0.1, 0.15) is 0 Å². The first kappa shape index (κ1) is 13.3. The van der Waals surface area contributed by atoms with Gasteiger partial charge in [-0.3, -0.25) is 16.0 Å². The standard InChI is InChI=1S/C15H18N4S/c1-19-15-7-3-2-6-13(15)14(18-19)10-11(17-16)9-12-5-4-8-20-12/h2-8,11,17H,9-10,16H2,1H3. The lowest BCUT2D eigenvalue weighted by atomic mass is 10.0. The summed E-state index contributed by atoms with van der Waals surface area (Å²) in [6.07, 6.45) is 1.76. The number of nitrogens with one attached hydrogen (secondary N) is 1. The van der Waals surface area contributed by atoms with Gasteiger partial charge in [0.2, 0.25) is 0 Å². The van der Waals surface area contributed by atoms with Crippen LogP contribution in [0.1, 0.15) is 10.6 Å². The Morgan fingerprint density at radius 2 is 2.10 bits per heavy atom. The highest BCUT2D eigenvalue weighted by atomic mass is 32.1. The second-order valence-electron chi connectivity index (χ2n) is 4.94. The molecule has 0 fully saturated rings. The maximum Gasteiger partial charge on any atom is 0.0719 e. The lowest BCUT2D eigenvalue weighted by Crippen LogP contribution is -2.38. The third kappa shape index (κ3) is 2.60. The van der Waals surface area contributed by atoms with Crippen LogP contribution in [0, 0.1) is 0 Å². The van der Waals surface area contributed by atoms with E-state index in [9.17, 15) is 0 Å². The van der Waals surface area contributed by atoms with Crippen LogP contribution in [-0.4, -0.2) is 15.8 Å². The normalized spacial score (nSPS) is 12.9. The van der Waals surface area contributed by atoms with Gasteiger partial charge in [0.15, 0.2) is 0 Å². The molecule has 1 aromatic carbocycles. The fourth-order valence-electron chi connectivity index (χ4n) is 2.53. The van der Waals surface area contributed by atoms with Crippen LogP contribution in [0.3, 0.4) is 0 Å². The van der Waals surface area contributed by atoms with Crippen molar-refractivity contribution in [2.75, 3.05) is 0 Å². The lowest BCUT2D eigenvalue weighted by molar-refractivity contribution is 0.518. The van der Waals surface area contributed by atoms with Crippen LogP contribution in [-0.2, 0) is 19.9 Å². The van der Waals surface area contributed by atoms with Crippen LogP contribution in [0.15, 0.2) is 41.8 Å². The van der Waals surface area contributed by atoms with Gasteiger partial charge in [0, 0.05) is 29.8 Å². The molecule has 3 aromatic rings. The van der Waals surface area contributed by atoms with Gasteiger partial charge in [0.05, 0.1) is 11.2 Å². The van der Waals surface area contributed by atoms with E-state index in [2.05, 4.69) is 46.2 Å². The monoisotopic (exact) mass is 286 g/mol. The number of thiophene rings is 1. The lowest BCUT2D eigenvalue weighted by Gasteiger charge is -2.13. The zero-order chi connectivity index (χ0) is 13.9. The van der Waals surface area contributed by atoms with Crippen molar-refractivity contribution in [3.05, 3.63) is 52.3 Å². The van der Waals surface area contributed by atoms with Gasteiger partial charge >= 0.3 is 0 Å². The molecule has 0 saturated carbocycles. The van der Waals surface area contributed by atoms with Crippen molar-refractivity contribution < 1.29 is 0 Å². The number of benzene rings is 1. The van der Waals surface area contributed by atoms with Gasteiger partial charge in [-0.25, -0.2) is 0 Å². The van der Waals surface area contributed by atoms with Crippen LogP contribution >= 0.6 is 11.3 Å². The Kier molecular flexibility index (Phi) is 3.82. The first-order chi connectivity index (χ1) is 9.78. The van der Waals surface area contributed by atoms with Gasteiger partial charge in [-0.15, -0.1) is 11.3 Å². The van der Waals surface area contributed by atoms with Crippen LogP contribution < -0.4 is 11.3 Å². The minimum Gasteiger partial charge on any atom is -0.271 e. The van der Waals surface area contributed by atoms with Crippen molar-refractivity contribution in [1.29, 1.82) is 0 Å². The molecule has 1 unspecified atom stereocenters. The van der Waals surface area contributed by atoms with Crippen LogP contribution in [0.5, 0.6) is 0 Å². The van der Waals surface area contributed by atoms with Crippen molar-refractivity contribution in [3.63, 3.8) is 0 Å².